The Morgan fingerprint density at radius 2 is 0.974 bits per heavy atom. The summed E-state index contributed by atoms with van der Waals surface area (Å²) in [6.45, 7) is 0. The third-order valence-corrected chi connectivity index (χ3v) is 7.46. The van der Waals surface area contributed by atoms with Crippen LogP contribution in [0.15, 0.2) is 127 Å². The molecular weight excluding hydrogens is 480 g/mol. The summed E-state index contributed by atoms with van der Waals surface area (Å²) in [5, 5.41) is 15.1. The molecule has 5 nitrogen and oxygen atoms in total. The number of phenolic OH excluding ortho intramolecular Hbond substituents is 1. The molecule has 0 aliphatic carbocycles. The molecule has 4 aromatic carbocycles. The summed E-state index contributed by atoms with van der Waals surface area (Å²) in [7, 11) is 0. The van der Waals surface area contributed by atoms with Gasteiger partial charge >= 0.3 is 0 Å². The topological polar surface area (TPSA) is 55.9 Å². The fraction of sp³-hybridized carbons (Fsp3) is 0. The largest absolute Gasteiger partial charge is 0.507 e. The Kier molecular flexibility index (Phi) is 4.60. The highest BCUT2D eigenvalue weighted by Gasteiger charge is 2.18. The molecule has 0 bridgehead atoms. The summed E-state index contributed by atoms with van der Waals surface area (Å²) in [6, 6.07) is 42.7. The Labute approximate surface area is 223 Å². The van der Waals surface area contributed by atoms with E-state index >= 15 is 0 Å². The first kappa shape index (κ1) is 21.6. The van der Waals surface area contributed by atoms with E-state index in [9.17, 15) is 5.11 Å². The predicted molar refractivity (Wildman–Crippen MR) is 158 cm³/mol. The van der Waals surface area contributed by atoms with Gasteiger partial charge in [-0.15, -0.1) is 0 Å². The number of phenols is 1. The van der Waals surface area contributed by atoms with E-state index in [1.54, 1.807) is 6.07 Å². The zero-order chi connectivity index (χ0) is 25.9. The van der Waals surface area contributed by atoms with Crippen LogP contribution in [0.1, 0.15) is 0 Å². The Balaban J connectivity index is 1.41. The van der Waals surface area contributed by atoms with E-state index < -0.39 is 0 Å². The molecule has 4 heterocycles. The molecule has 0 spiro atoms. The number of pyridine rings is 2. The lowest BCUT2D eigenvalue weighted by atomic mass is 10.1. The molecule has 8 aromatic rings. The van der Waals surface area contributed by atoms with E-state index in [0.29, 0.717) is 11.3 Å². The molecule has 4 aromatic heterocycles. The molecule has 5 heteroatoms. The van der Waals surface area contributed by atoms with E-state index in [1.165, 1.54) is 10.8 Å². The predicted octanol–water partition coefficient (Wildman–Crippen LogP) is 8.04. The van der Waals surface area contributed by atoms with Crippen LogP contribution in [0.2, 0.25) is 0 Å². The lowest BCUT2D eigenvalue weighted by Gasteiger charge is -2.11. The van der Waals surface area contributed by atoms with Crippen molar-refractivity contribution < 1.29 is 5.11 Å². The van der Waals surface area contributed by atoms with Crippen molar-refractivity contribution in [1.29, 1.82) is 0 Å². The van der Waals surface area contributed by atoms with Gasteiger partial charge in [-0.25, -0.2) is 9.97 Å². The third kappa shape index (κ3) is 3.20. The molecule has 0 unspecified atom stereocenters. The number of nitrogens with zero attached hydrogens (tertiary/aromatic N) is 4. The molecule has 8 rings (SSSR count). The molecule has 0 fully saturated rings. The van der Waals surface area contributed by atoms with Crippen molar-refractivity contribution in [2.45, 2.75) is 0 Å². The average Bonchev–Trinajstić information content (AvgIpc) is 3.50. The smallest absolute Gasteiger partial charge is 0.147 e. The highest BCUT2D eigenvalue weighted by molar-refractivity contribution is 6.09. The minimum atomic E-state index is 0.207. The average molecular weight is 503 g/mol. The fourth-order valence-electron chi connectivity index (χ4n) is 5.74. The Morgan fingerprint density at radius 1 is 0.436 bits per heavy atom. The van der Waals surface area contributed by atoms with E-state index in [4.69, 9.17) is 9.97 Å². The second-order valence-electron chi connectivity index (χ2n) is 9.66. The number of rotatable bonds is 3. The second kappa shape index (κ2) is 8.30. The zero-order valence-electron chi connectivity index (χ0n) is 20.9. The maximum atomic E-state index is 10.5. The van der Waals surface area contributed by atoms with E-state index in [2.05, 4.69) is 88.0 Å². The number of aromatic hydroxyl groups is 1. The van der Waals surface area contributed by atoms with Gasteiger partial charge < -0.3 is 5.11 Å². The van der Waals surface area contributed by atoms with Gasteiger partial charge in [-0.3, -0.25) is 9.13 Å². The van der Waals surface area contributed by atoms with Crippen molar-refractivity contribution in [3.05, 3.63) is 127 Å². The van der Waals surface area contributed by atoms with Gasteiger partial charge in [0.15, 0.2) is 0 Å². The van der Waals surface area contributed by atoms with Crippen LogP contribution < -0.4 is 0 Å². The Bertz CT molecular complexity index is 2150. The quantitative estimate of drug-likeness (QED) is 0.266. The zero-order valence-corrected chi connectivity index (χ0v) is 20.9. The number of hydrogen-bond acceptors (Lipinski definition) is 3. The minimum Gasteiger partial charge on any atom is -0.507 e. The summed E-state index contributed by atoms with van der Waals surface area (Å²) in [5.41, 5.74) is 5.47. The van der Waals surface area contributed by atoms with Crippen LogP contribution in [0.25, 0.3) is 66.6 Å². The molecular formula is C34H22N4O. The maximum Gasteiger partial charge on any atom is 0.147 e. The standard InChI is InChI=1S/C34H22N4O/c39-31-17-8-4-13-26(31)27-21-20-25-24-12-3-7-16-30(24)38(34(25)35-27)33-19-9-18-32(36-33)37-28-14-5-1-10-22(28)23-11-2-6-15-29(23)37/h1-21,39H. The molecule has 0 aliphatic heterocycles. The van der Waals surface area contributed by atoms with Gasteiger partial charge in [0.05, 0.1) is 22.2 Å². The summed E-state index contributed by atoms with van der Waals surface area (Å²) < 4.78 is 4.34. The lowest BCUT2D eigenvalue weighted by molar-refractivity contribution is 0.477. The number of aromatic nitrogens is 4. The van der Waals surface area contributed by atoms with Crippen LogP contribution in [-0.4, -0.2) is 24.2 Å². The van der Waals surface area contributed by atoms with E-state index in [0.717, 1.165) is 44.6 Å². The summed E-state index contributed by atoms with van der Waals surface area (Å²) >= 11 is 0. The number of fused-ring (bicyclic) bond motifs is 6. The van der Waals surface area contributed by atoms with Crippen molar-refractivity contribution in [1.82, 2.24) is 19.1 Å². The van der Waals surface area contributed by atoms with Gasteiger partial charge in [-0.05, 0) is 54.6 Å². The van der Waals surface area contributed by atoms with Crippen molar-refractivity contribution in [2.75, 3.05) is 0 Å². The Morgan fingerprint density at radius 3 is 1.64 bits per heavy atom. The van der Waals surface area contributed by atoms with Crippen LogP contribution in [0.3, 0.4) is 0 Å². The fourth-order valence-corrected chi connectivity index (χ4v) is 5.74. The first-order valence-electron chi connectivity index (χ1n) is 12.9. The highest BCUT2D eigenvalue weighted by atomic mass is 16.3. The molecule has 39 heavy (non-hydrogen) atoms. The summed E-state index contributed by atoms with van der Waals surface area (Å²) in [4.78, 5) is 10.3. The van der Waals surface area contributed by atoms with Crippen LogP contribution in [-0.2, 0) is 0 Å². The van der Waals surface area contributed by atoms with Crippen LogP contribution in [0, 0.1) is 0 Å². The summed E-state index contributed by atoms with van der Waals surface area (Å²) in [6.07, 6.45) is 0. The SMILES string of the molecule is Oc1ccccc1-c1ccc2c3ccccc3n(-c3cccc(-n4c5ccccc5c5ccccc54)n3)c2n1. The first-order chi connectivity index (χ1) is 19.3. The molecule has 0 amide bonds. The van der Waals surface area contributed by atoms with Crippen molar-refractivity contribution >= 4 is 43.7 Å². The van der Waals surface area contributed by atoms with Crippen molar-refractivity contribution in [2.24, 2.45) is 0 Å². The van der Waals surface area contributed by atoms with Crippen LogP contribution in [0.5, 0.6) is 5.75 Å². The first-order valence-corrected chi connectivity index (χ1v) is 12.9. The normalized spacial score (nSPS) is 11.7. The highest BCUT2D eigenvalue weighted by Crippen LogP contribution is 2.35. The van der Waals surface area contributed by atoms with Gasteiger partial charge in [0.25, 0.3) is 0 Å². The number of para-hydroxylation sites is 4. The monoisotopic (exact) mass is 502 g/mol. The van der Waals surface area contributed by atoms with Crippen molar-refractivity contribution in [3.8, 4) is 28.6 Å². The van der Waals surface area contributed by atoms with Crippen LogP contribution >= 0.6 is 0 Å². The summed E-state index contributed by atoms with van der Waals surface area (Å²) in [5.74, 6) is 1.83. The van der Waals surface area contributed by atoms with E-state index in [-0.39, 0.29) is 5.75 Å². The molecule has 0 saturated heterocycles. The molecule has 0 atom stereocenters. The number of hydrogen-bond donors (Lipinski definition) is 1. The maximum absolute atomic E-state index is 10.5. The second-order valence-corrected chi connectivity index (χ2v) is 9.66. The van der Waals surface area contributed by atoms with Gasteiger partial charge in [-0.1, -0.05) is 72.8 Å². The number of benzene rings is 4. The molecule has 184 valence electrons. The van der Waals surface area contributed by atoms with Crippen LogP contribution in [0.4, 0.5) is 0 Å². The Hall–Kier alpha value is -5.42. The molecule has 1 N–H and O–H groups in total. The van der Waals surface area contributed by atoms with E-state index in [1.807, 2.05) is 42.5 Å². The minimum absolute atomic E-state index is 0.207. The molecule has 0 saturated carbocycles. The molecule has 0 radical (unpaired) electrons. The van der Waals surface area contributed by atoms with Crippen molar-refractivity contribution in [3.63, 3.8) is 0 Å². The lowest BCUT2D eigenvalue weighted by Crippen LogP contribution is -2.03. The van der Waals surface area contributed by atoms with Gasteiger partial charge in [0.2, 0.25) is 0 Å². The van der Waals surface area contributed by atoms with Gasteiger partial charge in [0, 0.05) is 27.1 Å². The van der Waals surface area contributed by atoms with Gasteiger partial charge in [-0.2, -0.15) is 0 Å². The third-order valence-electron chi connectivity index (χ3n) is 7.46. The molecule has 0 aliphatic rings. The van der Waals surface area contributed by atoms with Gasteiger partial charge in [0.1, 0.15) is 23.0 Å².